The van der Waals surface area contributed by atoms with Gasteiger partial charge in [0.05, 0.1) is 6.33 Å². The molecule has 0 saturated heterocycles. The van der Waals surface area contributed by atoms with Crippen LogP contribution in [0.1, 0.15) is 33.8 Å². The summed E-state index contributed by atoms with van der Waals surface area (Å²) in [5.41, 5.74) is -0.247. The van der Waals surface area contributed by atoms with E-state index in [0.717, 1.165) is 12.8 Å². The molecule has 1 amide bonds. The predicted octanol–water partition coefficient (Wildman–Crippen LogP) is 0.556. The first kappa shape index (κ1) is 10.4. The van der Waals surface area contributed by atoms with Gasteiger partial charge in [0.15, 0.2) is 11.4 Å². The molecule has 0 saturated carbocycles. The van der Waals surface area contributed by atoms with Crippen molar-refractivity contribution in [3.63, 3.8) is 0 Å². The summed E-state index contributed by atoms with van der Waals surface area (Å²) in [5, 5.41) is 11.5. The van der Waals surface area contributed by atoms with Gasteiger partial charge in [-0.05, 0) is 12.8 Å². The van der Waals surface area contributed by atoms with Gasteiger partial charge < -0.3 is 15.4 Å². The third-order valence-electron chi connectivity index (χ3n) is 2.41. The number of amides is 1. The second-order valence-electron chi connectivity index (χ2n) is 3.54. The minimum absolute atomic E-state index is 0.0471. The van der Waals surface area contributed by atoms with E-state index < -0.39 is 11.9 Å². The second kappa shape index (κ2) is 4.18. The highest BCUT2D eigenvalue weighted by Crippen LogP contribution is 2.11. The Balaban J connectivity index is 2.08. The molecule has 0 fully saturated rings. The number of rotatable bonds is 3. The molecule has 1 aromatic heterocycles. The first-order chi connectivity index (χ1) is 7.68. The largest absolute Gasteiger partial charge is 0.477 e. The molecule has 1 aromatic rings. The van der Waals surface area contributed by atoms with Crippen LogP contribution >= 0.6 is 0 Å². The number of nitrogens with zero attached hydrogens (tertiary/aromatic N) is 1. The molecule has 84 valence electrons. The van der Waals surface area contributed by atoms with E-state index in [0.29, 0.717) is 0 Å². The highest BCUT2D eigenvalue weighted by molar-refractivity contribution is 6.02. The number of H-pyrrole nitrogens is 1. The van der Waals surface area contributed by atoms with Crippen molar-refractivity contribution >= 4 is 11.9 Å². The molecule has 0 radical (unpaired) electrons. The third-order valence-corrected chi connectivity index (χ3v) is 2.41. The monoisotopic (exact) mass is 221 g/mol. The molecule has 3 N–H and O–H groups in total. The number of carbonyl (C=O) groups excluding carboxylic acids is 1. The molecular weight excluding hydrogens is 210 g/mol. The van der Waals surface area contributed by atoms with Crippen molar-refractivity contribution in [1.82, 2.24) is 15.3 Å². The number of nitrogens with one attached hydrogen (secondary N) is 2. The maximum absolute atomic E-state index is 11.7. The van der Waals surface area contributed by atoms with Gasteiger partial charge in [0.25, 0.3) is 5.91 Å². The molecule has 6 nitrogen and oxygen atoms in total. The summed E-state index contributed by atoms with van der Waals surface area (Å²) in [7, 11) is 0. The van der Waals surface area contributed by atoms with Gasteiger partial charge in [0, 0.05) is 6.04 Å². The number of hydrogen-bond donors (Lipinski definition) is 3. The summed E-state index contributed by atoms with van der Waals surface area (Å²) in [6.45, 7) is 0. The number of hydrogen-bond acceptors (Lipinski definition) is 3. The van der Waals surface area contributed by atoms with Crippen molar-refractivity contribution in [3.05, 3.63) is 29.9 Å². The molecule has 1 heterocycles. The van der Waals surface area contributed by atoms with Crippen LogP contribution in [-0.2, 0) is 0 Å². The zero-order valence-corrected chi connectivity index (χ0v) is 8.43. The lowest BCUT2D eigenvalue weighted by molar-refractivity contribution is 0.0684. The van der Waals surface area contributed by atoms with E-state index in [4.69, 9.17) is 5.11 Å². The number of carbonyl (C=O) groups is 2. The van der Waals surface area contributed by atoms with Crippen molar-refractivity contribution in [3.8, 4) is 0 Å². The zero-order chi connectivity index (χ0) is 11.5. The average Bonchev–Trinajstić information content (AvgIpc) is 2.86. The van der Waals surface area contributed by atoms with Crippen LogP contribution in [0.15, 0.2) is 18.5 Å². The summed E-state index contributed by atoms with van der Waals surface area (Å²) in [6.07, 6.45) is 6.71. The minimum Gasteiger partial charge on any atom is -0.477 e. The molecule has 1 aliphatic rings. The molecule has 0 aromatic carbocycles. The maximum Gasteiger partial charge on any atom is 0.354 e. The topological polar surface area (TPSA) is 95.1 Å². The van der Waals surface area contributed by atoms with Gasteiger partial charge in [-0.1, -0.05) is 12.2 Å². The first-order valence-electron chi connectivity index (χ1n) is 4.91. The van der Waals surface area contributed by atoms with Crippen LogP contribution in [-0.4, -0.2) is 33.0 Å². The highest BCUT2D eigenvalue weighted by atomic mass is 16.4. The van der Waals surface area contributed by atoms with Crippen LogP contribution in [0, 0.1) is 0 Å². The van der Waals surface area contributed by atoms with E-state index in [9.17, 15) is 9.59 Å². The van der Waals surface area contributed by atoms with Crippen molar-refractivity contribution < 1.29 is 14.7 Å². The van der Waals surface area contributed by atoms with Gasteiger partial charge in [-0.15, -0.1) is 0 Å². The highest BCUT2D eigenvalue weighted by Gasteiger charge is 2.22. The Morgan fingerprint density at radius 3 is 2.75 bits per heavy atom. The number of aromatic amines is 1. The molecule has 0 spiro atoms. The summed E-state index contributed by atoms with van der Waals surface area (Å²) >= 11 is 0. The van der Waals surface area contributed by atoms with Crippen LogP contribution in [0.4, 0.5) is 0 Å². The number of imidazole rings is 1. The first-order valence-corrected chi connectivity index (χ1v) is 4.91. The lowest BCUT2D eigenvalue weighted by atomic mass is 10.2. The summed E-state index contributed by atoms with van der Waals surface area (Å²) < 4.78 is 0. The van der Waals surface area contributed by atoms with Crippen LogP contribution in [0.25, 0.3) is 0 Å². The van der Waals surface area contributed by atoms with Gasteiger partial charge in [-0.3, -0.25) is 4.79 Å². The number of aromatic nitrogens is 2. The molecule has 1 aliphatic carbocycles. The van der Waals surface area contributed by atoms with E-state index >= 15 is 0 Å². The van der Waals surface area contributed by atoms with E-state index in [2.05, 4.69) is 15.3 Å². The van der Waals surface area contributed by atoms with Crippen LogP contribution in [0.3, 0.4) is 0 Å². The van der Waals surface area contributed by atoms with Gasteiger partial charge in [-0.25, -0.2) is 9.78 Å². The average molecular weight is 221 g/mol. The molecule has 0 atom stereocenters. The van der Waals surface area contributed by atoms with E-state index in [1.54, 1.807) is 0 Å². The van der Waals surface area contributed by atoms with Crippen molar-refractivity contribution in [2.75, 3.05) is 0 Å². The number of aromatic carboxylic acids is 1. The Bertz CT molecular complexity index is 442. The Labute approximate surface area is 91.4 Å². The fourth-order valence-electron chi connectivity index (χ4n) is 1.62. The quantitative estimate of drug-likeness (QED) is 0.650. The van der Waals surface area contributed by atoms with Crippen molar-refractivity contribution in [1.29, 1.82) is 0 Å². The molecule has 16 heavy (non-hydrogen) atoms. The van der Waals surface area contributed by atoms with Gasteiger partial charge in [0.2, 0.25) is 0 Å². The summed E-state index contributed by atoms with van der Waals surface area (Å²) in [6, 6.07) is 0.0471. The molecule has 6 heteroatoms. The predicted molar refractivity (Wildman–Crippen MR) is 55.2 cm³/mol. The van der Waals surface area contributed by atoms with E-state index in [1.165, 1.54) is 6.33 Å². The van der Waals surface area contributed by atoms with Crippen molar-refractivity contribution in [2.24, 2.45) is 0 Å². The fraction of sp³-hybridized carbons (Fsp3) is 0.300. The van der Waals surface area contributed by atoms with Crippen molar-refractivity contribution in [2.45, 2.75) is 18.9 Å². The van der Waals surface area contributed by atoms with Crippen LogP contribution < -0.4 is 5.32 Å². The molecule has 0 unspecified atom stereocenters. The number of carboxylic acids is 1. The zero-order valence-electron chi connectivity index (χ0n) is 8.43. The second-order valence-corrected chi connectivity index (χ2v) is 3.54. The van der Waals surface area contributed by atoms with Gasteiger partial charge in [-0.2, -0.15) is 0 Å². The van der Waals surface area contributed by atoms with Crippen LogP contribution in [0.2, 0.25) is 0 Å². The van der Waals surface area contributed by atoms with E-state index in [-0.39, 0.29) is 17.4 Å². The summed E-state index contributed by atoms with van der Waals surface area (Å²) in [4.78, 5) is 28.6. The van der Waals surface area contributed by atoms with Gasteiger partial charge >= 0.3 is 5.97 Å². The lowest BCUT2D eigenvalue weighted by Gasteiger charge is -2.10. The Kier molecular flexibility index (Phi) is 2.72. The molecular formula is C10H11N3O3. The Morgan fingerprint density at radius 1 is 1.44 bits per heavy atom. The standard InChI is InChI=1S/C10H11N3O3/c14-9(13-6-3-1-2-4-6)7-8(10(15)16)12-5-11-7/h1-2,5-6H,3-4H2,(H,11,12)(H,13,14)(H,15,16). The van der Waals surface area contributed by atoms with Crippen LogP contribution in [0.5, 0.6) is 0 Å². The Morgan fingerprint density at radius 2 is 2.12 bits per heavy atom. The normalized spacial score (nSPS) is 15.2. The molecule has 0 aliphatic heterocycles. The maximum atomic E-state index is 11.7. The molecule has 0 bridgehead atoms. The Hall–Kier alpha value is -2.11. The van der Waals surface area contributed by atoms with Gasteiger partial charge in [0.1, 0.15) is 0 Å². The third kappa shape index (κ3) is 1.95. The smallest absolute Gasteiger partial charge is 0.354 e. The fourth-order valence-corrected chi connectivity index (χ4v) is 1.62. The summed E-state index contributed by atoms with van der Waals surface area (Å²) in [5.74, 6) is -1.64. The minimum atomic E-state index is -1.19. The molecule has 2 rings (SSSR count). The van der Waals surface area contributed by atoms with E-state index in [1.807, 2.05) is 12.2 Å². The lowest BCUT2D eigenvalue weighted by Crippen LogP contribution is -2.34. The SMILES string of the molecule is O=C(NC1CC=CC1)c1nc[nH]c1C(=O)O. The number of carboxylic acid groups (broad SMARTS) is 1.